The molecule has 0 saturated heterocycles. The maximum atomic E-state index is 11.4. The number of nitrogens with zero attached hydrogens (tertiary/aromatic N) is 1. The third-order valence-corrected chi connectivity index (χ3v) is 7.77. The Bertz CT molecular complexity index is 603. The Balaban J connectivity index is 4.89. The lowest BCUT2D eigenvalue weighted by Crippen LogP contribution is -2.52. The number of unbranched alkanes of at least 4 members (excludes halogenated alkanes) is 9. The molecule has 7 heteroatoms. The van der Waals surface area contributed by atoms with Gasteiger partial charge in [0.2, 0.25) is 0 Å². The van der Waals surface area contributed by atoms with Crippen molar-refractivity contribution in [1.82, 2.24) is 0 Å². The summed E-state index contributed by atoms with van der Waals surface area (Å²) in [6.45, 7) is 10.1. The van der Waals surface area contributed by atoms with Crippen LogP contribution in [0.4, 0.5) is 0 Å². The van der Waals surface area contributed by atoms with E-state index in [-0.39, 0.29) is 0 Å². The van der Waals surface area contributed by atoms with Crippen LogP contribution in [-0.2, 0) is 14.4 Å². The zero-order valence-corrected chi connectivity index (χ0v) is 24.1. The quantitative estimate of drug-likeness (QED) is 0.0670. The SMILES string of the molecule is CCCCCC/C=C/CCCCCCC[N+](CCC(C)C(=O)O)(CCC(C)C(=O)O)CCC(C)C(=O)O. The lowest BCUT2D eigenvalue weighted by molar-refractivity contribution is -0.929. The van der Waals surface area contributed by atoms with E-state index in [1.807, 2.05) is 0 Å². The lowest BCUT2D eigenvalue weighted by Gasteiger charge is -2.40. The Hall–Kier alpha value is -1.89. The van der Waals surface area contributed by atoms with Crippen molar-refractivity contribution in [2.75, 3.05) is 26.2 Å². The van der Waals surface area contributed by atoms with Gasteiger partial charge in [-0.05, 0) is 38.5 Å². The summed E-state index contributed by atoms with van der Waals surface area (Å²) in [6.07, 6.45) is 19.2. The molecule has 216 valence electrons. The molecule has 0 aliphatic carbocycles. The summed E-state index contributed by atoms with van der Waals surface area (Å²) in [5, 5.41) is 28.2. The van der Waals surface area contributed by atoms with Gasteiger partial charge >= 0.3 is 17.9 Å². The van der Waals surface area contributed by atoms with Gasteiger partial charge in [-0.3, -0.25) is 14.4 Å². The Labute approximate surface area is 225 Å². The van der Waals surface area contributed by atoms with E-state index in [1.165, 1.54) is 44.9 Å². The second kappa shape index (κ2) is 21.1. The van der Waals surface area contributed by atoms with E-state index in [0.29, 0.717) is 43.4 Å². The van der Waals surface area contributed by atoms with Gasteiger partial charge in [0.1, 0.15) is 0 Å². The van der Waals surface area contributed by atoms with Crippen molar-refractivity contribution in [3.05, 3.63) is 12.2 Å². The molecule has 37 heavy (non-hydrogen) atoms. The van der Waals surface area contributed by atoms with Crippen LogP contribution in [0.25, 0.3) is 0 Å². The number of hydrogen-bond acceptors (Lipinski definition) is 3. The van der Waals surface area contributed by atoms with Gasteiger partial charge in [0, 0.05) is 19.3 Å². The highest BCUT2D eigenvalue weighted by Gasteiger charge is 2.31. The maximum absolute atomic E-state index is 11.4. The number of hydrogen-bond donors (Lipinski definition) is 3. The van der Waals surface area contributed by atoms with Crippen molar-refractivity contribution < 1.29 is 34.2 Å². The van der Waals surface area contributed by atoms with E-state index in [1.54, 1.807) is 20.8 Å². The van der Waals surface area contributed by atoms with Gasteiger partial charge in [-0.1, -0.05) is 72.0 Å². The van der Waals surface area contributed by atoms with E-state index >= 15 is 0 Å². The van der Waals surface area contributed by atoms with Crippen LogP contribution in [-0.4, -0.2) is 63.9 Å². The van der Waals surface area contributed by atoms with Crippen LogP contribution in [0.3, 0.4) is 0 Å². The van der Waals surface area contributed by atoms with Crippen LogP contribution in [0.1, 0.15) is 118 Å². The fourth-order valence-electron chi connectivity index (χ4n) is 4.61. The number of carboxylic acids is 3. The average Bonchev–Trinajstić information content (AvgIpc) is 2.86. The average molecular weight is 527 g/mol. The van der Waals surface area contributed by atoms with Gasteiger partial charge in [-0.15, -0.1) is 0 Å². The Morgan fingerprint density at radius 3 is 1.30 bits per heavy atom. The Morgan fingerprint density at radius 1 is 0.568 bits per heavy atom. The first-order valence-corrected chi connectivity index (χ1v) is 14.7. The molecule has 0 aliphatic rings. The summed E-state index contributed by atoms with van der Waals surface area (Å²) < 4.78 is 0.605. The molecule has 7 nitrogen and oxygen atoms in total. The predicted octanol–water partition coefficient (Wildman–Crippen LogP) is 7.00. The smallest absolute Gasteiger partial charge is 0.306 e. The standard InChI is InChI=1S/C30H55NO6/c1-5-6-7-8-9-10-11-12-13-14-15-16-17-21-31(22-18-25(2)28(32)33,23-19-26(3)29(34)35)24-20-27(4)30(36)37/h10-11,25-27H,5-9,12-24H2,1-4H3,(H2-,32,33,34,35,36,37)/p+1/b11-10+. The molecular formula is C30H56NO6+. The van der Waals surface area contributed by atoms with E-state index < -0.39 is 35.7 Å². The summed E-state index contributed by atoms with van der Waals surface area (Å²) in [5.41, 5.74) is 0. The Kier molecular flexibility index (Phi) is 20.0. The van der Waals surface area contributed by atoms with Crippen LogP contribution < -0.4 is 0 Å². The third kappa shape index (κ3) is 18.1. The predicted molar refractivity (Wildman–Crippen MR) is 150 cm³/mol. The first-order chi connectivity index (χ1) is 17.5. The Morgan fingerprint density at radius 2 is 0.919 bits per heavy atom. The molecule has 0 aromatic rings. The zero-order chi connectivity index (χ0) is 28.1. The summed E-state index contributed by atoms with van der Waals surface area (Å²) in [6, 6.07) is 0. The minimum Gasteiger partial charge on any atom is -0.481 e. The number of carbonyl (C=O) groups is 3. The highest BCUT2D eigenvalue weighted by molar-refractivity contribution is 5.70. The maximum Gasteiger partial charge on any atom is 0.306 e. The lowest BCUT2D eigenvalue weighted by atomic mass is 10.0. The number of carboxylic acid groups (broad SMARTS) is 3. The normalized spacial score (nSPS) is 15.8. The van der Waals surface area contributed by atoms with Crippen molar-refractivity contribution in [3.63, 3.8) is 0 Å². The summed E-state index contributed by atoms with van der Waals surface area (Å²) >= 11 is 0. The molecule has 3 atom stereocenters. The van der Waals surface area contributed by atoms with E-state index in [0.717, 1.165) is 32.2 Å². The highest BCUT2D eigenvalue weighted by Crippen LogP contribution is 2.22. The van der Waals surface area contributed by atoms with Gasteiger partial charge < -0.3 is 19.8 Å². The fourth-order valence-corrected chi connectivity index (χ4v) is 4.61. The highest BCUT2D eigenvalue weighted by atomic mass is 16.4. The molecule has 0 fully saturated rings. The van der Waals surface area contributed by atoms with Gasteiger partial charge in [-0.2, -0.15) is 0 Å². The monoisotopic (exact) mass is 526 g/mol. The molecule has 0 aromatic carbocycles. The molecule has 0 spiro atoms. The van der Waals surface area contributed by atoms with Crippen LogP contribution >= 0.6 is 0 Å². The molecule has 0 amide bonds. The first-order valence-electron chi connectivity index (χ1n) is 14.7. The van der Waals surface area contributed by atoms with Crippen LogP contribution in [0.5, 0.6) is 0 Å². The second-order valence-electron chi connectivity index (χ2n) is 11.2. The molecule has 0 bridgehead atoms. The number of quaternary nitrogens is 1. The minimum absolute atomic E-state index is 0.481. The topological polar surface area (TPSA) is 112 Å². The van der Waals surface area contributed by atoms with Crippen molar-refractivity contribution in [3.8, 4) is 0 Å². The molecule has 0 aromatic heterocycles. The van der Waals surface area contributed by atoms with Crippen molar-refractivity contribution in [2.24, 2.45) is 17.8 Å². The van der Waals surface area contributed by atoms with Gasteiger partial charge in [0.05, 0.1) is 43.9 Å². The van der Waals surface area contributed by atoms with Crippen LogP contribution in [0.2, 0.25) is 0 Å². The number of rotatable bonds is 25. The van der Waals surface area contributed by atoms with Gasteiger partial charge in [0.15, 0.2) is 0 Å². The number of allylic oxidation sites excluding steroid dienone is 2. The molecule has 0 rings (SSSR count). The summed E-state index contributed by atoms with van der Waals surface area (Å²) in [4.78, 5) is 34.3. The molecule has 0 radical (unpaired) electrons. The van der Waals surface area contributed by atoms with Gasteiger partial charge in [-0.25, -0.2) is 0 Å². The fraction of sp³-hybridized carbons (Fsp3) is 0.833. The molecule has 0 aliphatic heterocycles. The van der Waals surface area contributed by atoms with E-state index in [9.17, 15) is 29.7 Å². The van der Waals surface area contributed by atoms with Crippen molar-refractivity contribution >= 4 is 17.9 Å². The van der Waals surface area contributed by atoms with Crippen molar-refractivity contribution in [2.45, 2.75) is 118 Å². The van der Waals surface area contributed by atoms with Gasteiger partial charge in [0.25, 0.3) is 0 Å². The minimum atomic E-state index is -0.828. The summed E-state index contributed by atoms with van der Waals surface area (Å²) in [5.74, 6) is -3.93. The first kappa shape index (κ1) is 35.1. The molecule has 3 unspecified atom stereocenters. The molecular weight excluding hydrogens is 470 g/mol. The number of aliphatic carboxylic acids is 3. The second-order valence-corrected chi connectivity index (χ2v) is 11.2. The van der Waals surface area contributed by atoms with Crippen molar-refractivity contribution in [1.29, 1.82) is 0 Å². The van der Waals surface area contributed by atoms with E-state index in [2.05, 4.69) is 19.1 Å². The molecule has 3 N–H and O–H groups in total. The largest absolute Gasteiger partial charge is 0.481 e. The summed E-state index contributed by atoms with van der Waals surface area (Å²) in [7, 11) is 0. The molecule has 0 heterocycles. The third-order valence-electron chi connectivity index (χ3n) is 7.77. The van der Waals surface area contributed by atoms with E-state index in [4.69, 9.17) is 0 Å². The van der Waals surface area contributed by atoms with Crippen LogP contribution in [0, 0.1) is 17.8 Å². The molecule has 0 saturated carbocycles. The zero-order valence-electron chi connectivity index (χ0n) is 24.1. The van der Waals surface area contributed by atoms with Crippen LogP contribution in [0.15, 0.2) is 12.2 Å².